The Balaban J connectivity index is 1.66. The van der Waals surface area contributed by atoms with Gasteiger partial charge in [0.1, 0.15) is 0 Å². The van der Waals surface area contributed by atoms with Crippen LogP contribution in [-0.4, -0.2) is 10.9 Å². The van der Waals surface area contributed by atoms with Crippen molar-refractivity contribution in [3.63, 3.8) is 0 Å². The normalized spacial score (nSPS) is 12.0. The molecule has 0 bridgehead atoms. The summed E-state index contributed by atoms with van der Waals surface area (Å²) in [6, 6.07) is 21.2. The minimum atomic E-state index is -0.274. The second kappa shape index (κ2) is 8.06. The molecule has 0 saturated heterocycles. The Hall–Kier alpha value is -3.54. The number of rotatable bonds is 4. The monoisotopic (exact) mass is 396 g/mol. The summed E-state index contributed by atoms with van der Waals surface area (Å²) in [7, 11) is 0. The summed E-state index contributed by atoms with van der Waals surface area (Å²) in [5.74, 6) is 5.93. The van der Waals surface area contributed by atoms with Crippen LogP contribution in [0.3, 0.4) is 0 Å². The van der Waals surface area contributed by atoms with Gasteiger partial charge in [0.05, 0.1) is 5.69 Å². The predicted molar refractivity (Wildman–Crippen MR) is 122 cm³/mol. The minimum Gasteiger partial charge on any atom is -0.324 e. The lowest BCUT2D eigenvalue weighted by molar-refractivity contribution is 0.0987. The van der Waals surface area contributed by atoms with Crippen LogP contribution in [0, 0.1) is 6.92 Å². The van der Waals surface area contributed by atoms with Gasteiger partial charge in [-0.2, -0.15) is 0 Å². The summed E-state index contributed by atoms with van der Waals surface area (Å²) in [5.41, 5.74) is 11.2. The molecule has 0 fully saturated rings. The summed E-state index contributed by atoms with van der Waals surface area (Å²) in [6.07, 6.45) is 3.63. The lowest BCUT2D eigenvalue weighted by atomic mass is 9.97. The molecule has 3 aromatic carbocycles. The Morgan fingerprint density at radius 3 is 2.47 bits per heavy atom. The molecule has 0 aliphatic carbocycles. The third kappa shape index (κ3) is 3.81. The molecule has 5 nitrogen and oxygen atoms in total. The van der Waals surface area contributed by atoms with Gasteiger partial charge >= 0.3 is 0 Å². The molecule has 0 aliphatic heterocycles. The van der Waals surface area contributed by atoms with E-state index in [1.54, 1.807) is 18.3 Å². The second-order valence-corrected chi connectivity index (χ2v) is 7.52. The van der Waals surface area contributed by atoms with E-state index in [0.717, 1.165) is 33.0 Å². The van der Waals surface area contributed by atoms with Crippen molar-refractivity contribution >= 4 is 22.4 Å². The average molecular weight is 396 g/mol. The maximum absolute atomic E-state index is 12.9. The topological polar surface area (TPSA) is 85.2 Å². The Kier molecular flexibility index (Phi) is 5.31. The van der Waals surface area contributed by atoms with Crippen LogP contribution in [0.25, 0.3) is 21.9 Å². The van der Waals surface area contributed by atoms with E-state index >= 15 is 0 Å². The Morgan fingerprint density at radius 2 is 1.73 bits per heavy atom. The number of nitrogens with two attached hydrogens (primary N) is 2. The summed E-state index contributed by atoms with van der Waals surface area (Å²) < 4.78 is 0. The lowest BCUT2D eigenvalue weighted by Crippen LogP contribution is -2.37. The van der Waals surface area contributed by atoms with Crippen molar-refractivity contribution in [2.24, 2.45) is 11.6 Å². The maximum Gasteiger partial charge on any atom is 0.272 e. The molecule has 1 aromatic heterocycles. The third-order valence-corrected chi connectivity index (χ3v) is 5.35. The summed E-state index contributed by atoms with van der Waals surface area (Å²) in [6.45, 7) is 3.95. The van der Waals surface area contributed by atoms with Crippen molar-refractivity contribution in [2.45, 2.75) is 19.9 Å². The number of fused-ring (bicyclic) bond motifs is 1. The molecule has 0 aliphatic rings. The zero-order valence-corrected chi connectivity index (χ0v) is 17.0. The van der Waals surface area contributed by atoms with Gasteiger partial charge in [-0.3, -0.25) is 9.78 Å². The van der Waals surface area contributed by atoms with Crippen LogP contribution in [0.1, 0.15) is 34.5 Å². The van der Waals surface area contributed by atoms with Crippen molar-refractivity contribution in [3.05, 3.63) is 95.8 Å². The number of hydrazine groups is 1. The molecule has 1 atom stereocenters. The number of hydrogen-bond acceptors (Lipinski definition) is 4. The highest BCUT2D eigenvalue weighted by Gasteiger charge is 2.16. The van der Waals surface area contributed by atoms with E-state index in [4.69, 9.17) is 11.6 Å². The number of nitrogens with zero attached hydrogens (tertiary/aromatic N) is 2. The Bertz CT molecular complexity index is 1220. The molecule has 5 heteroatoms. The van der Waals surface area contributed by atoms with Crippen molar-refractivity contribution < 1.29 is 4.79 Å². The zero-order chi connectivity index (χ0) is 21.3. The summed E-state index contributed by atoms with van der Waals surface area (Å²) in [5, 5.41) is 3.38. The zero-order valence-electron chi connectivity index (χ0n) is 17.0. The van der Waals surface area contributed by atoms with Crippen LogP contribution in [0.5, 0.6) is 0 Å². The number of benzene rings is 3. The molecule has 4 aromatic rings. The summed E-state index contributed by atoms with van der Waals surface area (Å²) in [4.78, 5) is 17.1. The standard InChI is InChI=1S/C25H24N4O/c1-16-3-10-23(29(27)25(30)20-7-4-18(5-8-20)17(2)26)14-24(16)21-9-6-19-11-12-28-15-22(19)13-21/h3-15,17H,26-27H2,1-2H3. The fourth-order valence-corrected chi connectivity index (χ4v) is 3.51. The lowest BCUT2D eigenvalue weighted by Gasteiger charge is -2.19. The number of pyridine rings is 1. The molecule has 150 valence electrons. The van der Waals surface area contributed by atoms with Gasteiger partial charge in [0.25, 0.3) is 5.91 Å². The fourth-order valence-electron chi connectivity index (χ4n) is 3.51. The van der Waals surface area contributed by atoms with E-state index < -0.39 is 0 Å². The largest absolute Gasteiger partial charge is 0.324 e. The quantitative estimate of drug-likeness (QED) is 0.296. The molecule has 0 spiro atoms. The van der Waals surface area contributed by atoms with Crippen LogP contribution in [0.15, 0.2) is 79.1 Å². The van der Waals surface area contributed by atoms with Crippen LogP contribution >= 0.6 is 0 Å². The van der Waals surface area contributed by atoms with Gasteiger partial charge in [-0.25, -0.2) is 10.9 Å². The molecule has 4 rings (SSSR count). The highest BCUT2D eigenvalue weighted by molar-refractivity contribution is 6.05. The highest BCUT2D eigenvalue weighted by atomic mass is 16.2. The van der Waals surface area contributed by atoms with Crippen molar-refractivity contribution in [1.82, 2.24) is 4.98 Å². The smallest absolute Gasteiger partial charge is 0.272 e. The fraction of sp³-hybridized carbons (Fsp3) is 0.120. The Morgan fingerprint density at radius 1 is 0.967 bits per heavy atom. The number of anilines is 1. The van der Waals surface area contributed by atoms with Gasteiger partial charge in [-0.15, -0.1) is 0 Å². The van der Waals surface area contributed by atoms with Gasteiger partial charge in [0.15, 0.2) is 0 Å². The first-order chi connectivity index (χ1) is 14.4. The minimum absolute atomic E-state index is 0.0834. The molecular weight excluding hydrogens is 372 g/mol. The number of amides is 1. The van der Waals surface area contributed by atoms with E-state index in [2.05, 4.69) is 23.2 Å². The molecule has 4 N–H and O–H groups in total. The van der Waals surface area contributed by atoms with Crippen LogP contribution < -0.4 is 16.6 Å². The van der Waals surface area contributed by atoms with Crippen LogP contribution in [0.2, 0.25) is 0 Å². The molecule has 0 radical (unpaired) electrons. The van der Waals surface area contributed by atoms with E-state index in [9.17, 15) is 4.79 Å². The Labute approximate surface area is 175 Å². The van der Waals surface area contributed by atoms with Gasteiger partial charge < -0.3 is 5.73 Å². The van der Waals surface area contributed by atoms with Crippen LogP contribution in [0.4, 0.5) is 5.69 Å². The average Bonchev–Trinajstić information content (AvgIpc) is 2.78. The van der Waals surface area contributed by atoms with Crippen molar-refractivity contribution in [3.8, 4) is 11.1 Å². The van der Waals surface area contributed by atoms with E-state index in [0.29, 0.717) is 11.3 Å². The van der Waals surface area contributed by atoms with Crippen molar-refractivity contribution in [1.29, 1.82) is 0 Å². The number of aromatic nitrogens is 1. The second-order valence-electron chi connectivity index (χ2n) is 7.52. The number of hydrogen-bond donors (Lipinski definition) is 2. The van der Waals surface area contributed by atoms with Gasteiger partial charge in [0.2, 0.25) is 0 Å². The predicted octanol–water partition coefficient (Wildman–Crippen LogP) is 4.75. The van der Waals surface area contributed by atoms with E-state index in [1.807, 2.05) is 56.4 Å². The molecule has 0 saturated carbocycles. The molecule has 30 heavy (non-hydrogen) atoms. The van der Waals surface area contributed by atoms with Gasteiger partial charge in [0, 0.05) is 29.4 Å². The maximum atomic E-state index is 12.9. The molecular formula is C25H24N4O. The number of aryl methyl sites for hydroxylation is 1. The molecule has 1 unspecified atom stereocenters. The molecule has 1 amide bonds. The van der Waals surface area contributed by atoms with Crippen LogP contribution in [-0.2, 0) is 0 Å². The van der Waals surface area contributed by atoms with E-state index in [1.165, 1.54) is 5.01 Å². The third-order valence-electron chi connectivity index (χ3n) is 5.35. The van der Waals surface area contributed by atoms with E-state index in [-0.39, 0.29) is 11.9 Å². The first kappa shape index (κ1) is 19.8. The van der Waals surface area contributed by atoms with Gasteiger partial charge in [-0.05, 0) is 77.9 Å². The first-order valence-corrected chi connectivity index (χ1v) is 9.83. The highest BCUT2D eigenvalue weighted by Crippen LogP contribution is 2.30. The number of carbonyl (C=O) groups is 1. The SMILES string of the molecule is Cc1ccc(N(N)C(=O)c2ccc(C(C)N)cc2)cc1-c1ccc2ccncc2c1. The molecule has 1 heterocycles. The number of carbonyl (C=O) groups excluding carboxylic acids is 1. The summed E-state index contributed by atoms with van der Waals surface area (Å²) >= 11 is 0. The first-order valence-electron chi connectivity index (χ1n) is 9.83. The van der Waals surface area contributed by atoms with Gasteiger partial charge in [-0.1, -0.05) is 30.3 Å². The van der Waals surface area contributed by atoms with Crippen molar-refractivity contribution in [2.75, 3.05) is 5.01 Å².